The molecule has 0 aromatic heterocycles. The summed E-state index contributed by atoms with van der Waals surface area (Å²) in [6.45, 7) is 11.3. The van der Waals surface area contributed by atoms with E-state index in [1.807, 2.05) is 24.3 Å². The molecule has 6 heteroatoms. The van der Waals surface area contributed by atoms with Gasteiger partial charge in [0.15, 0.2) is 5.76 Å². The molecule has 1 heterocycles. The second-order valence-corrected chi connectivity index (χ2v) is 12.7. The molecule has 0 radical (unpaired) electrons. The van der Waals surface area contributed by atoms with Gasteiger partial charge in [-0.25, -0.2) is 0 Å². The van der Waals surface area contributed by atoms with Gasteiger partial charge in [-0.1, -0.05) is 32.9 Å². The summed E-state index contributed by atoms with van der Waals surface area (Å²) in [5.41, 5.74) is 1.68. The third-order valence-corrected chi connectivity index (χ3v) is 9.40. The molecular formula is C19H29NO4Si. The zero-order valence-electron chi connectivity index (χ0n) is 16.0. The molecule has 1 aromatic rings. The van der Waals surface area contributed by atoms with E-state index in [2.05, 4.69) is 33.9 Å². The first kappa shape index (κ1) is 19.5. The van der Waals surface area contributed by atoms with Crippen LogP contribution in [0.1, 0.15) is 26.3 Å². The summed E-state index contributed by atoms with van der Waals surface area (Å²) in [5, 5.41) is 9.68. The van der Waals surface area contributed by atoms with Crippen LogP contribution >= 0.6 is 0 Å². The Morgan fingerprint density at radius 3 is 2.28 bits per heavy atom. The minimum Gasteiger partial charge on any atom is -0.540 e. The first-order chi connectivity index (χ1) is 11.6. The van der Waals surface area contributed by atoms with Gasteiger partial charge in [0.1, 0.15) is 5.75 Å². The Balaban J connectivity index is 2.15. The molecule has 1 aliphatic heterocycles. The number of benzene rings is 1. The van der Waals surface area contributed by atoms with Gasteiger partial charge in [0.05, 0.1) is 13.7 Å². The average Bonchev–Trinajstić information content (AvgIpc) is 2.83. The maximum absolute atomic E-state index is 12.8. The van der Waals surface area contributed by atoms with Gasteiger partial charge in [0.2, 0.25) is 0 Å². The molecule has 0 atom stereocenters. The van der Waals surface area contributed by atoms with Crippen LogP contribution < -0.4 is 4.74 Å². The van der Waals surface area contributed by atoms with Crippen molar-refractivity contribution in [3.05, 3.63) is 41.2 Å². The Hall–Kier alpha value is -1.79. The van der Waals surface area contributed by atoms with Crippen molar-refractivity contribution < 1.29 is 19.1 Å². The first-order valence-electron chi connectivity index (χ1n) is 8.53. The van der Waals surface area contributed by atoms with Crippen molar-refractivity contribution in [3.8, 4) is 5.75 Å². The summed E-state index contributed by atoms with van der Waals surface area (Å²) in [7, 11) is -0.511. The minimum atomic E-state index is -2.14. The second kappa shape index (κ2) is 7.21. The number of nitrogens with zero attached hydrogens (tertiary/aromatic N) is 1. The second-order valence-electron chi connectivity index (χ2n) is 7.96. The predicted molar refractivity (Wildman–Crippen MR) is 101 cm³/mol. The highest BCUT2D eigenvalue weighted by atomic mass is 28.4. The first-order valence-corrected chi connectivity index (χ1v) is 11.4. The number of ether oxygens (including phenoxy) is 1. The van der Waals surface area contributed by atoms with Crippen molar-refractivity contribution >= 4 is 14.2 Å². The number of hydrogen-bond acceptors (Lipinski definition) is 4. The Labute approximate surface area is 151 Å². The highest BCUT2D eigenvalue weighted by molar-refractivity contribution is 6.74. The molecule has 1 aromatic carbocycles. The molecule has 0 aliphatic carbocycles. The highest BCUT2D eigenvalue weighted by Gasteiger charge is 2.43. The lowest BCUT2D eigenvalue weighted by Gasteiger charge is -2.36. The number of methoxy groups -OCH3 is 1. The van der Waals surface area contributed by atoms with E-state index in [9.17, 15) is 9.90 Å². The monoisotopic (exact) mass is 363 g/mol. The Bertz CT molecular complexity index is 659. The summed E-state index contributed by atoms with van der Waals surface area (Å²) >= 11 is 0. The van der Waals surface area contributed by atoms with Gasteiger partial charge >= 0.3 is 0 Å². The molecule has 0 saturated heterocycles. The molecule has 25 heavy (non-hydrogen) atoms. The summed E-state index contributed by atoms with van der Waals surface area (Å²) < 4.78 is 11.4. The number of rotatable bonds is 6. The fourth-order valence-corrected chi connectivity index (χ4v) is 3.44. The SMILES string of the molecule is COc1ccc(CN2CC(CO)=C(O[Si](C)(C)C(C)(C)C)C2=O)cc1. The smallest absolute Gasteiger partial charge is 0.288 e. The van der Waals surface area contributed by atoms with E-state index in [4.69, 9.17) is 9.16 Å². The van der Waals surface area contributed by atoms with Crippen molar-refractivity contribution in [2.75, 3.05) is 20.3 Å². The van der Waals surface area contributed by atoms with Crippen LogP contribution in [0.25, 0.3) is 0 Å². The van der Waals surface area contributed by atoms with Crippen LogP contribution in [0, 0.1) is 0 Å². The molecular weight excluding hydrogens is 334 g/mol. The fraction of sp³-hybridized carbons (Fsp3) is 0.526. The van der Waals surface area contributed by atoms with Crippen LogP contribution in [0.5, 0.6) is 5.75 Å². The van der Waals surface area contributed by atoms with Gasteiger partial charge in [-0.2, -0.15) is 0 Å². The zero-order valence-corrected chi connectivity index (χ0v) is 17.0. The Morgan fingerprint density at radius 2 is 1.80 bits per heavy atom. The highest BCUT2D eigenvalue weighted by Crippen LogP contribution is 2.39. The molecule has 1 aliphatic rings. The quantitative estimate of drug-likeness (QED) is 0.788. The Morgan fingerprint density at radius 1 is 1.20 bits per heavy atom. The van der Waals surface area contributed by atoms with Crippen LogP contribution in [0.15, 0.2) is 35.6 Å². The molecule has 0 spiro atoms. The lowest BCUT2D eigenvalue weighted by molar-refractivity contribution is -0.128. The van der Waals surface area contributed by atoms with Crippen LogP contribution in [-0.4, -0.2) is 44.5 Å². The largest absolute Gasteiger partial charge is 0.540 e. The topological polar surface area (TPSA) is 59.0 Å². The van der Waals surface area contributed by atoms with Gasteiger partial charge in [0, 0.05) is 18.7 Å². The van der Waals surface area contributed by atoms with Gasteiger partial charge in [-0.3, -0.25) is 4.79 Å². The van der Waals surface area contributed by atoms with Gasteiger partial charge < -0.3 is 19.2 Å². The molecule has 138 valence electrons. The zero-order chi connectivity index (χ0) is 18.8. The van der Waals surface area contributed by atoms with Crippen molar-refractivity contribution in [2.24, 2.45) is 0 Å². The number of aliphatic hydroxyl groups is 1. The number of amides is 1. The van der Waals surface area contributed by atoms with Crippen LogP contribution in [0.4, 0.5) is 0 Å². The molecule has 0 fully saturated rings. The maximum Gasteiger partial charge on any atom is 0.288 e. The van der Waals surface area contributed by atoms with E-state index in [0.29, 0.717) is 24.4 Å². The van der Waals surface area contributed by atoms with E-state index < -0.39 is 8.32 Å². The van der Waals surface area contributed by atoms with E-state index in [-0.39, 0.29) is 17.6 Å². The van der Waals surface area contributed by atoms with Crippen molar-refractivity contribution in [3.63, 3.8) is 0 Å². The number of hydrogen-bond donors (Lipinski definition) is 1. The van der Waals surface area contributed by atoms with Crippen LogP contribution in [0.2, 0.25) is 18.1 Å². The van der Waals surface area contributed by atoms with Crippen LogP contribution in [0.3, 0.4) is 0 Å². The molecule has 1 amide bonds. The summed E-state index contributed by atoms with van der Waals surface area (Å²) in [6, 6.07) is 7.64. The van der Waals surface area contributed by atoms with Gasteiger partial charge in [0.25, 0.3) is 14.2 Å². The standard InChI is InChI=1S/C19H29NO4Si/c1-19(2,3)25(5,6)24-17-15(13-21)12-20(18(17)22)11-14-7-9-16(23-4)10-8-14/h7-10,21H,11-13H2,1-6H3. The minimum absolute atomic E-state index is 0.00967. The number of carbonyl (C=O) groups excluding carboxylic acids is 1. The van der Waals surface area contributed by atoms with Crippen molar-refractivity contribution in [1.82, 2.24) is 4.90 Å². The Kier molecular flexibility index (Phi) is 5.64. The third-order valence-electron chi connectivity index (χ3n) is 5.07. The van der Waals surface area contributed by atoms with Gasteiger partial charge in [-0.05, 0) is 35.8 Å². The molecule has 5 nitrogen and oxygen atoms in total. The lowest BCUT2D eigenvalue weighted by atomic mass is 10.2. The van der Waals surface area contributed by atoms with Gasteiger partial charge in [-0.15, -0.1) is 0 Å². The third kappa shape index (κ3) is 4.25. The van der Waals surface area contributed by atoms with Crippen molar-refractivity contribution in [2.45, 2.75) is 45.4 Å². The average molecular weight is 364 g/mol. The van der Waals surface area contributed by atoms with E-state index in [0.717, 1.165) is 11.3 Å². The summed E-state index contributed by atoms with van der Waals surface area (Å²) in [6.07, 6.45) is 0. The summed E-state index contributed by atoms with van der Waals surface area (Å²) in [5.74, 6) is 1.000. The molecule has 0 bridgehead atoms. The fourth-order valence-electron chi connectivity index (χ4n) is 2.39. The van der Waals surface area contributed by atoms with E-state index in [1.54, 1.807) is 12.0 Å². The predicted octanol–water partition coefficient (Wildman–Crippen LogP) is 3.31. The lowest BCUT2D eigenvalue weighted by Crippen LogP contribution is -2.42. The molecule has 0 saturated carbocycles. The molecule has 1 N–H and O–H groups in total. The molecule has 2 rings (SSSR count). The summed E-state index contributed by atoms with van der Waals surface area (Å²) in [4.78, 5) is 14.6. The van der Waals surface area contributed by atoms with Crippen LogP contribution in [-0.2, 0) is 15.8 Å². The normalized spacial score (nSPS) is 15.8. The number of aliphatic hydroxyl groups excluding tert-OH is 1. The van der Waals surface area contributed by atoms with E-state index >= 15 is 0 Å². The molecule has 0 unspecified atom stereocenters. The maximum atomic E-state index is 12.8. The number of carbonyl (C=O) groups is 1. The van der Waals surface area contributed by atoms with Crippen molar-refractivity contribution in [1.29, 1.82) is 0 Å². The van der Waals surface area contributed by atoms with E-state index in [1.165, 1.54) is 0 Å².